The van der Waals surface area contributed by atoms with Gasteiger partial charge in [-0.2, -0.15) is 5.10 Å². The number of phenols is 1. The van der Waals surface area contributed by atoms with Gasteiger partial charge in [0.25, 0.3) is 0 Å². The van der Waals surface area contributed by atoms with Crippen molar-refractivity contribution in [2.75, 3.05) is 12.5 Å². The van der Waals surface area contributed by atoms with E-state index in [1.165, 1.54) is 7.11 Å². The molecule has 6 heteroatoms. The summed E-state index contributed by atoms with van der Waals surface area (Å²) in [6, 6.07) is 6.85. The number of aromatic hydroxyl groups is 1. The molecule has 0 fully saturated rings. The molecule has 6 nitrogen and oxygen atoms in total. The van der Waals surface area contributed by atoms with Gasteiger partial charge >= 0.3 is 0 Å². The zero-order chi connectivity index (χ0) is 14.5. The Bertz CT molecular complexity index is 621. The lowest BCUT2D eigenvalue weighted by atomic mass is 10.2. The summed E-state index contributed by atoms with van der Waals surface area (Å²) in [5.74, 6) is 0.941. The Labute approximate surface area is 117 Å². The first-order valence-corrected chi connectivity index (χ1v) is 6.07. The van der Waals surface area contributed by atoms with Crippen LogP contribution in [0.3, 0.4) is 0 Å². The molecule has 0 aliphatic carbocycles. The van der Waals surface area contributed by atoms with Crippen LogP contribution >= 0.6 is 0 Å². The van der Waals surface area contributed by atoms with Crippen molar-refractivity contribution >= 4 is 12.2 Å². The summed E-state index contributed by atoms with van der Waals surface area (Å²) in [5.41, 5.74) is 5.31. The van der Waals surface area contributed by atoms with E-state index in [9.17, 15) is 5.11 Å². The van der Waals surface area contributed by atoms with Crippen molar-refractivity contribution in [3.63, 3.8) is 0 Å². The molecular formula is C14H16N4O2. The summed E-state index contributed by atoms with van der Waals surface area (Å²) in [4.78, 5) is 8.42. The number of phenolic OH excluding ortho intramolecular Hbond substituents is 1. The number of methoxy groups -OCH3 is 1. The van der Waals surface area contributed by atoms with E-state index in [0.717, 1.165) is 17.0 Å². The largest absolute Gasteiger partial charge is 0.504 e. The van der Waals surface area contributed by atoms with E-state index in [1.54, 1.807) is 24.4 Å². The molecule has 0 saturated heterocycles. The highest BCUT2D eigenvalue weighted by atomic mass is 16.5. The fourth-order valence-electron chi connectivity index (χ4n) is 1.72. The first kappa shape index (κ1) is 13.8. The van der Waals surface area contributed by atoms with Crippen molar-refractivity contribution in [2.24, 2.45) is 5.10 Å². The molecule has 2 rings (SSSR count). The van der Waals surface area contributed by atoms with Gasteiger partial charge in [-0.15, -0.1) is 0 Å². The van der Waals surface area contributed by atoms with Gasteiger partial charge in [0.2, 0.25) is 5.95 Å². The predicted molar refractivity (Wildman–Crippen MR) is 77.4 cm³/mol. The predicted octanol–water partition coefficient (Wildman–Crippen LogP) is 2.25. The topological polar surface area (TPSA) is 79.6 Å². The van der Waals surface area contributed by atoms with E-state index < -0.39 is 0 Å². The maximum Gasteiger partial charge on any atom is 0.243 e. The Kier molecular flexibility index (Phi) is 4.14. The Morgan fingerprint density at radius 2 is 1.90 bits per heavy atom. The van der Waals surface area contributed by atoms with Gasteiger partial charge in [0.05, 0.1) is 13.3 Å². The molecule has 1 aromatic heterocycles. The number of ether oxygens (including phenoxy) is 1. The van der Waals surface area contributed by atoms with Crippen molar-refractivity contribution in [1.82, 2.24) is 9.97 Å². The lowest BCUT2D eigenvalue weighted by Gasteiger charge is -2.04. The Morgan fingerprint density at radius 1 is 1.20 bits per heavy atom. The van der Waals surface area contributed by atoms with Gasteiger partial charge in [0, 0.05) is 11.4 Å². The number of anilines is 1. The maximum absolute atomic E-state index is 9.49. The fraction of sp³-hybridized carbons (Fsp3) is 0.214. The third-order valence-corrected chi connectivity index (χ3v) is 2.56. The number of hydrogen-bond acceptors (Lipinski definition) is 6. The van der Waals surface area contributed by atoms with Gasteiger partial charge in [-0.3, -0.25) is 0 Å². The third-order valence-electron chi connectivity index (χ3n) is 2.56. The van der Waals surface area contributed by atoms with Gasteiger partial charge in [-0.1, -0.05) is 0 Å². The van der Waals surface area contributed by atoms with Gasteiger partial charge in [0.1, 0.15) is 0 Å². The van der Waals surface area contributed by atoms with Crippen molar-refractivity contribution in [2.45, 2.75) is 13.8 Å². The van der Waals surface area contributed by atoms with Crippen LogP contribution in [0, 0.1) is 13.8 Å². The molecule has 0 spiro atoms. The SMILES string of the molecule is COc1cc(/C=N/Nc2nc(C)cc(C)n2)ccc1O. The summed E-state index contributed by atoms with van der Waals surface area (Å²) >= 11 is 0. The smallest absolute Gasteiger partial charge is 0.243 e. The minimum atomic E-state index is 0.0928. The van der Waals surface area contributed by atoms with E-state index >= 15 is 0 Å². The highest BCUT2D eigenvalue weighted by Gasteiger charge is 2.01. The average molecular weight is 272 g/mol. The van der Waals surface area contributed by atoms with Crippen LogP contribution in [-0.4, -0.2) is 28.4 Å². The molecule has 0 aliphatic rings. The maximum atomic E-state index is 9.49. The molecule has 0 radical (unpaired) electrons. The molecule has 2 N–H and O–H groups in total. The van der Waals surface area contributed by atoms with Crippen LogP contribution < -0.4 is 10.2 Å². The van der Waals surface area contributed by atoms with Gasteiger partial charge < -0.3 is 9.84 Å². The van der Waals surface area contributed by atoms with Crippen molar-refractivity contribution in [3.05, 3.63) is 41.2 Å². The minimum absolute atomic E-state index is 0.0928. The van der Waals surface area contributed by atoms with Crippen molar-refractivity contribution in [1.29, 1.82) is 0 Å². The molecule has 0 bridgehead atoms. The normalized spacial score (nSPS) is 10.8. The lowest BCUT2D eigenvalue weighted by Crippen LogP contribution is -1.99. The standard InChI is InChI=1S/C14H16N4O2/c1-9-6-10(2)17-14(16-9)18-15-8-11-4-5-12(19)13(7-11)20-3/h4-8,19H,1-3H3,(H,16,17,18)/b15-8+. The van der Waals surface area contributed by atoms with Gasteiger partial charge in [0.15, 0.2) is 11.5 Å². The summed E-state index contributed by atoms with van der Waals surface area (Å²) < 4.78 is 5.02. The van der Waals surface area contributed by atoms with Crippen LogP contribution in [0.2, 0.25) is 0 Å². The van der Waals surface area contributed by atoms with Gasteiger partial charge in [-0.05, 0) is 43.7 Å². The first-order chi connectivity index (χ1) is 9.58. The highest BCUT2D eigenvalue weighted by molar-refractivity contribution is 5.81. The van der Waals surface area contributed by atoms with Crippen LogP contribution in [0.4, 0.5) is 5.95 Å². The molecule has 1 aromatic carbocycles. The minimum Gasteiger partial charge on any atom is -0.504 e. The number of hydrazone groups is 1. The first-order valence-electron chi connectivity index (χ1n) is 6.07. The third kappa shape index (κ3) is 3.44. The highest BCUT2D eigenvalue weighted by Crippen LogP contribution is 2.25. The lowest BCUT2D eigenvalue weighted by molar-refractivity contribution is 0.373. The van der Waals surface area contributed by atoms with Crippen LogP contribution in [0.25, 0.3) is 0 Å². The second-order valence-corrected chi connectivity index (χ2v) is 4.28. The second-order valence-electron chi connectivity index (χ2n) is 4.28. The number of rotatable bonds is 4. The van der Waals surface area contributed by atoms with E-state index in [0.29, 0.717) is 11.7 Å². The molecule has 1 heterocycles. The molecule has 0 saturated carbocycles. The van der Waals surface area contributed by atoms with Gasteiger partial charge in [-0.25, -0.2) is 15.4 Å². The van der Waals surface area contributed by atoms with E-state index in [1.807, 2.05) is 19.9 Å². The molecule has 0 atom stereocenters. The molecule has 0 unspecified atom stereocenters. The van der Waals surface area contributed by atoms with E-state index in [2.05, 4.69) is 20.5 Å². The number of nitrogens with zero attached hydrogens (tertiary/aromatic N) is 3. The van der Waals surface area contributed by atoms with Crippen LogP contribution in [-0.2, 0) is 0 Å². The zero-order valence-electron chi connectivity index (χ0n) is 11.6. The molecular weight excluding hydrogens is 256 g/mol. The molecule has 0 aliphatic heterocycles. The zero-order valence-corrected chi connectivity index (χ0v) is 11.6. The summed E-state index contributed by atoms with van der Waals surface area (Å²) in [7, 11) is 1.50. The number of hydrogen-bond donors (Lipinski definition) is 2. The summed E-state index contributed by atoms with van der Waals surface area (Å²) in [6.45, 7) is 3.79. The summed E-state index contributed by atoms with van der Waals surface area (Å²) in [5, 5.41) is 13.6. The molecule has 0 amide bonds. The van der Waals surface area contributed by atoms with Crippen LogP contribution in [0.1, 0.15) is 17.0 Å². The quantitative estimate of drug-likeness (QED) is 0.659. The number of aryl methyl sites for hydroxylation is 2. The van der Waals surface area contributed by atoms with E-state index in [4.69, 9.17) is 4.74 Å². The Morgan fingerprint density at radius 3 is 2.55 bits per heavy atom. The molecule has 104 valence electrons. The number of aromatic nitrogens is 2. The Hall–Kier alpha value is -2.63. The second kappa shape index (κ2) is 6.01. The Balaban J connectivity index is 2.10. The average Bonchev–Trinajstić information content (AvgIpc) is 2.39. The van der Waals surface area contributed by atoms with Crippen LogP contribution in [0.5, 0.6) is 11.5 Å². The molecule has 20 heavy (non-hydrogen) atoms. The monoisotopic (exact) mass is 272 g/mol. The summed E-state index contributed by atoms with van der Waals surface area (Å²) in [6.07, 6.45) is 1.60. The van der Waals surface area contributed by atoms with Crippen molar-refractivity contribution in [3.8, 4) is 11.5 Å². The fourth-order valence-corrected chi connectivity index (χ4v) is 1.72. The number of nitrogens with one attached hydrogen (secondary N) is 1. The number of benzene rings is 1. The van der Waals surface area contributed by atoms with Crippen molar-refractivity contribution < 1.29 is 9.84 Å². The molecule has 2 aromatic rings. The van der Waals surface area contributed by atoms with Crippen LogP contribution in [0.15, 0.2) is 29.4 Å². The van der Waals surface area contributed by atoms with E-state index in [-0.39, 0.29) is 5.75 Å².